The average Bonchev–Trinajstić information content (AvgIpc) is 3.05. The van der Waals surface area contributed by atoms with Gasteiger partial charge in [0.1, 0.15) is 11.5 Å². The van der Waals surface area contributed by atoms with E-state index in [9.17, 15) is 14.7 Å². The number of unbranched alkanes of at least 4 members (excludes halogenated alkanes) is 1. The lowest BCUT2D eigenvalue weighted by Gasteiger charge is -2.25. The lowest BCUT2D eigenvalue weighted by atomic mass is 9.95. The third-order valence-electron chi connectivity index (χ3n) is 5.60. The first-order chi connectivity index (χ1) is 15.4. The highest BCUT2D eigenvalue weighted by molar-refractivity contribution is 6.46. The molecule has 0 radical (unpaired) electrons. The van der Waals surface area contributed by atoms with Crippen molar-refractivity contribution in [2.24, 2.45) is 0 Å². The van der Waals surface area contributed by atoms with Crippen molar-refractivity contribution in [3.63, 3.8) is 0 Å². The Morgan fingerprint density at radius 2 is 1.78 bits per heavy atom. The molecule has 0 bridgehead atoms. The minimum absolute atomic E-state index is 0.122. The van der Waals surface area contributed by atoms with Crippen LogP contribution in [0.2, 0.25) is 0 Å². The van der Waals surface area contributed by atoms with Crippen molar-refractivity contribution in [3.8, 4) is 5.75 Å². The maximum absolute atomic E-state index is 13.1. The molecule has 6 heteroatoms. The zero-order valence-corrected chi connectivity index (χ0v) is 19.3. The number of aliphatic hydroxyl groups excluding tert-OH is 1. The molecule has 1 aliphatic rings. The Bertz CT molecular complexity index is 995. The number of anilines is 1. The number of ether oxygens (including phenoxy) is 1. The lowest BCUT2D eigenvalue weighted by Crippen LogP contribution is -2.30. The first kappa shape index (κ1) is 23.4. The number of amides is 1. The summed E-state index contributed by atoms with van der Waals surface area (Å²) in [5, 5.41) is 11.2. The van der Waals surface area contributed by atoms with Crippen molar-refractivity contribution in [1.82, 2.24) is 4.90 Å². The van der Waals surface area contributed by atoms with E-state index in [-0.39, 0.29) is 11.3 Å². The average molecular weight is 437 g/mol. The molecule has 0 saturated carbocycles. The van der Waals surface area contributed by atoms with Gasteiger partial charge in [0.25, 0.3) is 11.7 Å². The number of Topliss-reactive ketones (excluding diaryl/α,β-unsaturated/α-hetero) is 1. The van der Waals surface area contributed by atoms with Crippen LogP contribution in [0, 0.1) is 0 Å². The van der Waals surface area contributed by atoms with E-state index in [2.05, 4.69) is 0 Å². The first-order valence-corrected chi connectivity index (χ1v) is 11.2. The Morgan fingerprint density at radius 3 is 2.41 bits per heavy atom. The standard InChI is InChI=1S/C26H32N2O4/c1-5-7-15-28-23(18-11-13-20(14-12-18)27(3)4)22(25(30)26(28)31)24(29)19-9-8-10-21(17-19)32-16-6-2/h8-14,17,23,29H,5-7,15-16H2,1-4H3/b24-22-. The van der Waals surface area contributed by atoms with Crippen molar-refractivity contribution in [1.29, 1.82) is 0 Å². The number of carbonyl (C=O) groups excluding carboxylic acids is 2. The van der Waals surface area contributed by atoms with Gasteiger partial charge < -0.3 is 19.6 Å². The summed E-state index contributed by atoms with van der Waals surface area (Å²) in [6.07, 6.45) is 2.54. The highest BCUT2D eigenvalue weighted by Gasteiger charge is 2.45. The van der Waals surface area contributed by atoms with Gasteiger partial charge in [0.2, 0.25) is 0 Å². The Kier molecular flexibility index (Phi) is 7.57. The van der Waals surface area contributed by atoms with Gasteiger partial charge >= 0.3 is 0 Å². The molecule has 1 heterocycles. The zero-order chi connectivity index (χ0) is 23.3. The number of rotatable bonds is 9. The summed E-state index contributed by atoms with van der Waals surface area (Å²) in [7, 11) is 3.91. The number of nitrogens with zero attached hydrogens (tertiary/aromatic N) is 2. The van der Waals surface area contributed by atoms with Crippen LogP contribution in [0.5, 0.6) is 5.75 Å². The van der Waals surface area contributed by atoms with Crippen LogP contribution in [0.1, 0.15) is 50.3 Å². The van der Waals surface area contributed by atoms with Crippen molar-refractivity contribution >= 4 is 23.1 Å². The predicted octanol–water partition coefficient (Wildman–Crippen LogP) is 4.76. The lowest BCUT2D eigenvalue weighted by molar-refractivity contribution is -0.139. The molecular formula is C26H32N2O4. The molecule has 3 rings (SSSR count). The molecule has 1 unspecified atom stereocenters. The fraction of sp³-hybridized carbons (Fsp3) is 0.385. The molecule has 1 N–H and O–H groups in total. The van der Waals surface area contributed by atoms with Crippen LogP contribution in [0.3, 0.4) is 0 Å². The molecule has 2 aromatic rings. The SMILES string of the molecule is CCCCN1C(=O)C(=O)/C(=C(\O)c2cccc(OCCC)c2)C1c1ccc(N(C)C)cc1. The number of ketones is 1. The minimum Gasteiger partial charge on any atom is -0.507 e. The maximum atomic E-state index is 13.1. The van der Waals surface area contributed by atoms with E-state index in [1.165, 1.54) is 0 Å². The van der Waals surface area contributed by atoms with Crippen LogP contribution < -0.4 is 9.64 Å². The van der Waals surface area contributed by atoms with Crippen LogP contribution in [0.15, 0.2) is 54.1 Å². The van der Waals surface area contributed by atoms with Crippen LogP contribution in [-0.2, 0) is 9.59 Å². The Labute approximate surface area is 190 Å². The number of benzene rings is 2. The second-order valence-corrected chi connectivity index (χ2v) is 8.21. The van der Waals surface area contributed by atoms with Crippen molar-refractivity contribution < 1.29 is 19.4 Å². The zero-order valence-electron chi connectivity index (χ0n) is 19.3. The quantitative estimate of drug-likeness (QED) is 0.349. The number of carbonyl (C=O) groups is 2. The monoisotopic (exact) mass is 436 g/mol. The van der Waals surface area contributed by atoms with Gasteiger partial charge in [-0.3, -0.25) is 9.59 Å². The topological polar surface area (TPSA) is 70.1 Å². The van der Waals surface area contributed by atoms with Gasteiger partial charge in [-0.05, 0) is 42.7 Å². The predicted molar refractivity (Wildman–Crippen MR) is 127 cm³/mol. The number of likely N-dealkylation sites (tertiary alicyclic amines) is 1. The summed E-state index contributed by atoms with van der Waals surface area (Å²) in [5.41, 5.74) is 2.39. The molecular weight excluding hydrogens is 404 g/mol. The third kappa shape index (κ3) is 4.79. The van der Waals surface area contributed by atoms with Gasteiger partial charge in [0, 0.05) is 31.9 Å². The van der Waals surface area contributed by atoms with E-state index in [1.807, 2.05) is 63.2 Å². The number of hydrogen-bond donors (Lipinski definition) is 1. The summed E-state index contributed by atoms with van der Waals surface area (Å²) in [6.45, 7) is 5.07. The summed E-state index contributed by atoms with van der Waals surface area (Å²) < 4.78 is 5.68. The van der Waals surface area contributed by atoms with E-state index in [0.29, 0.717) is 24.5 Å². The molecule has 1 atom stereocenters. The molecule has 32 heavy (non-hydrogen) atoms. The summed E-state index contributed by atoms with van der Waals surface area (Å²) in [4.78, 5) is 29.6. The van der Waals surface area contributed by atoms with Crippen LogP contribution in [-0.4, -0.2) is 48.9 Å². The minimum atomic E-state index is -0.653. The molecule has 1 saturated heterocycles. The van der Waals surface area contributed by atoms with Gasteiger partial charge in [-0.2, -0.15) is 0 Å². The summed E-state index contributed by atoms with van der Waals surface area (Å²) in [5.74, 6) is -0.783. The largest absolute Gasteiger partial charge is 0.507 e. The molecule has 1 amide bonds. The fourth-order valence-corrected chi connectivity index (χ4v) is 3.85. The van der Waals surface area contributed by atoms with Gasteiger partial charge in [-0.15, -0.1) is 0 Å². The highest BCUT2D eigenvalue weighted by Crippen LogP contribution is 2.40. The van der Waals surface area contributed by atoms with Crippen molar-refractivity contribution in [2.45, 2.75) is 39.2 Å². The van der Waals surface area contributed by atoms with Gasteiger partial charge in [0.15, 0.2) is 0 Å². The van der Waals surface area contributed by atoms with Crippen LogP contribution >= 0.6 is 0 Å². The summed E-state index contributed by atoms with van der Waals surface area (Å²) >= 11 is 0. The van der Waals surface area contributed by atoms with Crippen LogP contribution in [0.4, 0.5) is 5.69 Å². The molecule has 6 nitrogen and oxygen atoms in total. The summed E-state index contributed by atoms with van der Waals surface area (Å²) in [6, 6.07) is 14.1. The van der Waals surface area contributed by atoms with E-state index in [1.54, 1.807) is 23.1 Å². The van der Waals surface area contributed by atoms with Crippen molar-refractivity contribution in [3.05, 3.63) is 65.2 Å². The third-order valence-corrected chi connectivity index (χ3v) is 5.60. The second-order valence-electron chi connectivity index (χ2n) is 8.21. The highest BCUT2D eigenvalue weighted by atomic mass is 16.5. The number of aliphatic hydroxyl groups is 1. The molecule has 1 fully saturated rings. The van der Waals surface area contributed by atoms with Gasteiger partial charge in [-0.25, -0.2) is 0 Å². The smallest absolute Gasteiger partial charge is 0.295 e. The van der Waals surface area contributed by atoms with Crippen LogP contribution in [0.25, 0.3) is 5.76 Å². The second kappa shape index (κ2) is 10.4. The van der Waals surface area contributed by atoms with Gasteiger partial charge in [-0.1, -0.05) is 44.5 Å². The fourth-order valence-electron chi connectivity index (χ4n) is 3.85. The molecule has 1 aliphatic heterocycles. The number of hydrogen-bond acceptors (Lipinski definition) is 5. The molecule has 170 valence electrons. The Balaban J connectivity index is 2.09. The molecule has 0 spiro atoms. The first-order valence-electron chi connectivity index (χ1n) is 11.2. The Hall–Kier alpha value is -3.28. The van der Waals surface area contributed by atoms with E-state index < -0.39 is 17.7 Å². The van der Waals surface area contributed by atoms with E-state index in [0.717, 1.165) is 30.5 Å². The molecule has 2 aromatic carbocycles. The molecule has 0 aliphatic carbocycles. The van der Waals surface area contributed by atoms with E-state index in [4.69, 9.17) is 4.74 Å². The maximum Gasteiger partial charge on any atom is 0.295 e. The molecule has 0 aromatic heterocycles. The normalized spacial score (nSPS) is 17.6. The Morgan fingerprint density at radius 1 is 1.06 bits per heavy atom. The van der Waals surface area contributed by atoms with Crippen molar-refractivity contribution in [2.75, 3.05) is 32.1 Å². The van der Waals surface area contributed by atoms with E-state index >= 15 is 0 Å². The van der Waals surface area contributed by atoms with Gasteiger partial charge in [0.05, 0.1) is 18.2 Å².